The standard InChI is InChI=1S/C35H60N4O4/c1-24(40)42-32-21-26-9-10-27-28(35(26,4)23-31(32)37-15-19-39(7,8)20-16-37)11-12-34(3)29(27)22-30(33(34)43-25(2)41)36-13-17-38(5,6)18-14-36/h13,17,26-33H,9-12,14-16,18-23H2,1-8H3/q+2. The fourth-order valence-corrected chi connectivity index (χ4v) is 11.1. The summed E-state index contributed by atoms with van der Waals surface area (Å²) in [4.78, 5) is 30.0. The molecule has 6 aliphatic rings. The van der Waals surface area contributed by atoms with E-state index in [-0.39, 0.29) is 41.0 Å². The van der Waals surface area contributed by atoms with Crippen LogP contribution in [-0.4, -0.2) is 122 Å². The zero-order valence-corrected chi connectivity index (χ0v) is 28.4. The van der Waals surface area contributed by atoms with E-state index < -0.39 is 0 Å². The molecule has 10 atom stereocenters. The van der Waals surface area contributed by atoms with E-state index in [0.717, 1.165) is 73.9 Å². The van der Waals surface area contributed by atoms with Crippen molar-refractivity contribution in [1.29, 1.82) is 0 Å². The molecule has 1 saturated heterocycles. The van der Waals surface area contributed by atoms with E-state index in [0.29, 0.717) is 29.7 Å². The molecule has 0 radical (unpaired) electrons. The summed E-state index contributed by atoms with van der Waals surface area (Å²) in [7, 11) is 9.18. The van der Waals surface area contributed by atoms with Crippen LogP contribution in [0.15, 0.2) is 12.4 Å². The third kappa shape index (κ3) is 5.67. The first-order chi connectivity index (χ1) is 20.1. The Hall–Kier alpha value is -1.64. The molecule has 2 aliphatic heterocycles. The van der Waals surface area contributed by atoms with Crippen LogP contribution in [0.1, 0.15) is 72.6 Å². The van der Waals surface area contributed by atoms with Gasteiger partial charge < -0.3 is 18.9 Å². The van der Waals surface area contributed by atoms with Crippen molar-refractivity contribution in [3.05, 3.63) is 12.4 Å². The summed E-state index contributed by atoms with van der Waals surface area (Å²) in [6.45, 7) is 14.8. The average Bonchev–Trinajstić information content (AvgIpc) is 3.20. The first-order valence-electron chi connectivity index (χ1n) is 17.3. The molecule has 4 aliphatic carbocycles. The molecule has 5 fully saturated rings. The van der Waals surface area contributed by atoms with Crippen LogP contribution in [0.4, 0.5) is 0 Å². The zero-order chi connectivity index (χ0) is 30.9. The van der Waals surface area contributed by atoms with Crippen LogP contribution in [0.2, 0.25) is 0 Å². The Bertz CT molecular complexity index is 1110. The van der Waals surface area contributed by atoms with Gasteiger partial charge in [-0.25, -0.2) is 0 Å². The number of esters is 2. The molecule has 2 heterocycles. The van der Waals surface area contributed by atoms with Gasteiger partial charge in [0.25, 0.3) is 0 Å². The minimum Gasteiger partial charge on any atom is -0.461 e. The fourth-order valence-electron chi connectivity index (χ4n) is 11.1. The van der Waals surface area contributed by atoms with Gasteiger partial charge in [0.1, 0.15) is 25.0 Å². The predicted molar refractivity (Wildman–Crippen MR) is 167 cm³/mol. The predicted octanol–water partition coefficient (Wildman–Crippen LogP) is 4.10. The number of rotatable bonds is 4. The number of piperazine rings is 1. The van der Waals surface area contributed by atoms with Crippen LogP contribution in [0.25, 0.3) is 0 Å². The lowest BCUT2D eigenvalue weighted by molar-refractivity contribution is -0.894. The summed E-state index contributed by atoms with van der Waals surface area (Å²) in [6, 6.07) is 0.560. The van der Waals surface area contributed by atoms with Gasteiger partial charge in [0.05, 0.1) is 60.1 Å². The lowest BCUT2D eigenvalue weighted by Gasteiger charge is -2.62. The van der Waals surface area contributed by atoms with E-state index in [1.54, 1.807) is 13.8 Å². The van der Waals surface area contributed by atoms with Crippen LogP contribution in [-0.2, 0) is 19.1 Å². The Morgan fingerprint density at radius 2 is 1.51 bits per heavy atom. The second-order valence-electron chi connectivity index (χ2n) is 17.1. The molecule has 0 bridgehead atoms. The van der Waals surface area contributed by atoms with Crippen LogP contribution in [0, 0.1) is 34.5 Å². The summed E-state index contributed by atoms with van der Waals surface area (Å²) < 4.78 is 14.4. The van der Waals surface area contributed by atoms with Crippen molar-refractivity contribution in [2.24, 2.45) is 34.5 Å². The van der Waals surface area contributed by atoms with Gasteiger partial charge in [0.2, 0.25) is 0 Å². The SMILES string of the molecule is CC(=O)OC1CC2CCC3C(CCC4(C)C3CC(N3C=C[N+](C)(C)CC3)C4OC(C)=O)C2(C)CC1N1CC[N+](C)(C)CC1. The molecule has 8 nitrogen and oxygen atoms in total. The van der Waals surface area contributed by atoms with Gasteiger partial charge >= 0.3 is 11.9 Å². The van der Waals surface area contributed by atoms with Crippen molar-refractivity contribution in [2.45, 2.75) is 96.9 Å². The number of fused-ring (bicyclic) bond motifs is 5. The number of likely N-dealkylation sites (N-methyl/N-ethyl adjacent to an activating group) is 2. The Kier molecular flexibility index (Phi) is 8.03. The molecule has 43 heavy (non-hydrogen) atoms. The summed E-state index contributed by atoms with van der Waals surface area (Å²) in [5, 5.41) is 0. The molecule has 10 unspecified atom stereocenters. The van der Waals surface area contributed by atoms with E-state index in [4.69, 9.17) is 9.47 Å². The first-order valence-corrected chi connectivity index (χ1v) is 17.3. The van der Waals surface area contributed by atoms with E-state index >= 15 is 0 Å². The van der Waals surface area contributed by atoms with E-state index in [1.807, 2.05) is 0 Å². The molecule has 6 rings (SSSR count). The number of carbonyl (C=O) groups is 2. The quantitative estimate of drug-likeness (QED) is 0.358. The van der Waals surface area contributed by atoms with Gasteiger partial charge in [0, 0.05) is 38.4 Å². The normalized spacial score (nSPS) is 45.4. The molecule has 8 heteroatoms. The lowest BCUT2D eigenvalue weighted by Crippen LogP contribution is -2.64. The van der Waals surface area contributed by atoms with E-state index in [2.05, 4.69) is 64.2 Å². The molecule has 4 saturated carbocycles. The van der Waals surface area contributed by atoms with Gasteiger partial charge in [-0.15, -0.1) is 0 Å². The third-order valence-corrected chi connectivity index (χ3v) is 13.7. The summed E-state index contributed by atoms with van der Waals surface area (Å²) >= 11 is 0. The van der Waals surface area contributed by atoms with Gasteiger partial charge in [0.15, 0.2) is 0 Å². The molecule has 242 valence electrons. The van der Waals surface area contributed by atoms with Crippen LogP contribution in [0.5, 0.6) is 0 Å². The highest BCUT2D eigenvalue weighted by Crippen LogP contribution is 2.67. The third-order valence-electron chi connectivity index (χ3n) is 13.7. The first kappa shape index (κ1) is 31.3. The van der Waals surface area contributed by atoms with Gasteiger partial charge in [-0.1, -0.05) is 13.8 Å². The maximum Gasteiger partial charge on any atom is 0.302 e. The highest BCUT2D eigenvalue weighted by molar-refractivity contribution is 5.66. The van der Waals surface area contributed by atoms with Crippen molar-refractivity contribution in [3.63, 3.8) is 0 Å². The van der Waals surface area contributed by atoms with Gasteiger partial charge in [-0.3, -0.25) is 19.0 Å². The Labute approximate surface area is 260 Å². The maximum atomic E-state index is 12.5. The minimum atomic E-state index is -0.137. The minimum absolute atomic E-state index is 0.00689. The molecular weight excluding hydrogens is 540 g/mol. The van der Waals surface area contributed by atoms with Crippen LogP contribution < -0.4 is 0 Å². The van der Waals surface area contributed by atoms with Crippen molar-refractivity contribution in [3.8, 4) is 0 Å². The summed E-state index contributed by atoms with van der Waals surface area (Å²) in [5.41, 5.74) is 0.260. The Morgan fingerprint density at radius 1 is 0.814 bits per heavy atom. The summed E-state index contributed by atoms with van der Waals surface area (Å²) in [5.74, 6) is 2.23. The molecule has 0 N–H and O–H groups in total. The zero-order valence-electron chi connectivity index (χ0n) is 28.4. The molecule has 0 spiro atoms. The fraction of sp³-hybridized carbons (Fsp3) is 0.886. The largest absolute Gasteiger partial charge is 0.461 e. The smallest absolute Gasteiger partial charge is 0.302 e. The second-order valence-corrected chi connectivity index (χ2v) is 17.1. The molecule has 0 aromatic rings. The number of ether oxygens (including phenoxy) is 2. The Balaban J connectivity index is 1.27. The monoisotopic (exact) mass is 600 g/mol. The van der Waals surface area contributed by atoms with Crippen molar-refractivity contribution in [1.82, 2.24) is 9.80 Å². The van der Waals surface area contributed by atoms with Crippen molar-refractivity contribution in [2.75, 3.05) is 67.5 Å². The van der Waals surface area contributed by atoms with Gasteiger partial charge in [-0.05, 0) is 74.0 Å². The summed E-state index contributed by atoms with van der Waals surface area (Å²) in [6.07, 6.45) is 12.6. The highest BCUT2D eigenvalue weighted by Gasteiger charge is 2.65. The molecule has 0 aromatic carbocycles. The maximum absolute atomic E-state index is 12.5. The van der Waals surface area contributed by atoms with Crippen LogP contribution in [0.3, 0.4) is 0 Å². The number of hydrogen-bond donors (Lipinski definition) is 0. The van der Waals surface area contributed by atoms with E-state index in [9.17, 15) is 9.59 Å². The highest BCUT2D eigenvalue weighted by atomic mass is 16.5. The van der Waals surface area contributed by atoms with Gasteiger partial charge in [-0.2, -0.15) is 0 Å². The van der Waals surface area contributed by atoms with E-state index in [1.165, 1.54) is 19.3 Å². The van der Waals surface area contributed by atoms with Crippen LogP contribution >= 0.6 is 0 Å². The number of quaternary nitrogens is 2. The molecule has 0 aromatic heterocycles. The average molecular weight is 601 g/mol. The molecular formula is C35H60N4O4+2. The lowest BCUT2D eigenvalue weighted by atomic mass is 9.44. The van der Waals surface area contributed by atoms with Crippen molar-refractivity contribution >= 4 is 11.9 Å². The number of nitrogens with zero attached hydrogens (tertiary/aromatic N) is 4. The van der Waals surface area contributed by atoms with Crippen molar-refractivity contribution < 1.29 is 28.0 Å². The Morgan fingerprint density at radius 3 is 2.14 bits per heavy atom. The number of carbonyl (C=O) groups excluding carboxylic acids is 2. The second kappa shape index (κ2) is 11.0. The molecule has 0 amide bonds. The topological polar surface area (TPSA) is 59.1 Å². The number of hydrogen-bond acceptors (Lipinski definition) is 6.